The SMILES string of the molecule is Cc1ccc(CN2C(=O)S/C(=C\c3cc(Br)c(Oc4ccc(C(F)(F)F)cc4[N+](=O)[O-])c(Br)c3)C2=O)cc1. The number of nitro groups is 1. The molecule has 0 N–H and O–H groups in total. The first kappa shape index (κ1) is 27.9. The molecule has 1 aliphatic rings. The highest BCUT2D eigenvalue weighted by molar-refractivity contribution is 9.11. The van der Waals surface area contributed by atoms with E-state index in [4.69, 9.17) is 4.74 Å². The highest BCUT2D eigenvalue weighted by atomic mass is 79.9. The lowest BCUT2D eigenvalue weighted by atomic mass is 10.1. The van der Waals surface area contributed by atoms with Crippen molar-refractivity contribution in [2.45, 2.75) is 19.6 Å². The summed E-state index contributed by atoms with van der Waals surface area (Å²) in [5, 5.41) is 11.0. The summed E-state index contributed by atoms with van der Waals surface area (Å²) in [6, 6.07) is 12.5. The highest BCUT2D eigenvalue weighted by Crippen LogP contribution is 2.43. The van der Waals surface area contributed by atoms with Crippen molar-refractivity contribution in [2.24, 2.45) is 0 Å². The van der Waals surface area contributed by atoms with E-state index in [0.717, 1.165) is 33.9 Å². The van der Waals surface area contributed by atoms with Crippen LogP contribution >= 0.6 is 43.6 Å². The number of aryl methyl sites for hydroxylation is 1. The number of carbonyl (C=O) groups is 2. The van der Waals surface area contributed by atoms with Crippen LogP contribution in [-0.4, -0.2) is 21.0 Å². The molecule has 1 fully saturated rings. The van der Waals surface area contributed by atoms with Gasteiger partial charge in [-0.05, 0) is 92.0 Å². The topological polar surface area (TPSA) is 89.8 Å². The van der Waals surface area contributed by atoms with Gasteiger partial charge in [-0.2, -0.15) is 13.2 Å². The van der Waals surface area contributed by atoms with Gasteiger partial charge in [-0.3, -0.25) is 24.6 Å². The Kier molecular flexibility index (Phi) is 8.00. The number of halogens is 5. The normalized spacial score (nSPS) is 14.9. The minimum absolute atomic E-state index is 0.0671. The zero-order chi connectivity index (χ0) is 27.8. The lowest BCUT2D eigenvalue weighted by Crippen LogP contribution is -2.27. The molecule has 7 nitrogen and oxygen atoms in total. The number of alkyl halides is 3. The summed E-state index contributed by atoms with van der Waals surface area (Å²) in [5.41, 5.74) is 0.327. The van der Waals surface area contributed by atoms with Crippen LogP contribution in [0.4, 0.5) is 23.7 Å². The number of imide groups is 1. The molecule has 196 valence electrons. The average molecular weight is 672 g/mol. The van der Waals surface area contributed by atoms with E-state index in [-0.39, 0.29) is 17.2 Å². The van der Waals surface area contributed by atoms with Crippen LogP contribution in [0.2, 0.25) is 0 Å². The quantitative estimate of drug-likeness (QED) is 0.148. The predicted molar refractivity (Wildman–Crippen MR) is 143 cm³/mol. The second-order valence-corrected chi connectivity index (χ2v) is 10.8. The minimum Gasteiger partial charge on any atom is -0.448 e. The summed E-state index contributed by atoms with van der Waals surface area (Å²) in [6.07, 6.45) is -3.24. The number of nitro benzene ring substituents is 1. The molecule has 1 heterocycles. The van der Waals surface area contributed by atoms with Crippen LogP contribution in [0.5, 0.6) is 11.5 Å². The molecule has 3 aromatic carbocycles. The second-order valence-electron chi connectivity index (χ2n) is 8.11. The summed E-state index contributed by atoms with van der Waals surface area (Å²) in [5.74, 6) is -0.777. The fourth-order valence-electron chi connectivity index (χ4n) is 3.46. The van der Waals surface area contributed by atoms with Crippen molar-refractivity contribution < 1.29 is 32.4 Å². The van der Waals surface area contributed by atoms with Crippen LogP contribution in [0.1, 0.15) is 22.3 Å². The van der Waals surface area contributed by atoms with Crippen LogP contribution in [0.15, 0.2) is 68.4 Å². The molecule has 0 spiro atoms. The number of ether oxygens (including phenoxy) is 1. The summed E-state index contributed by atoms with van der Waals surface area (Å²) in [7, 11) is 0. The van der Waals surface area contributed by atoms with Crippen LogP contribution in [-0.2, 0) is 17.5 Å². The summed E-state index contributed by atoms with van der Waals surface area (Å²) < 4.78 is 45.2. The molecule has 4 rings (SSSR count). The lowest BCUT2D eigenvalue weighted by Gasteiger charge is -2.13. The van der Waals surface area contributed by atoms with Crippen molar-refractivity contribution in [1.29, 1.82) is 0 Å². The first-order valence-corrected chi connectivity index (χ1v) is 13.1. The Morgan fingerprint density at radius 2 is 1.68 bits per heavy atom. The van der Waals surface area contributed by atoms with Crippen LogP contribution in [0.25, 0.3) is 6.08 Å². The molecule has 0 saturated carbocycles. The van der Waals surface area contributed by atoms with Gasteiger partial charge >= 0.3 is 11.9 Å². The van der Waals surface area contributed by atoms with E-state index in [1.165, 1.54) is 6.08 Å². The van der Waals surface area contributed by atoms with Gasteiger partial charge in [0.25, 0.3) is 11.1 Å². The maximum atomic E-state index is 13.0. The standard InChI is InChI=1S/C25H15Br2F3N2O5S/c1-13-2-4-14(5-3-13)12-31-23(33)21(38-24(31)34)10-15-8-17(26)22(18(27)9-15)37-20-7-6-16(25(28,29)30)11-19(20)32(35)36/h2-11H,12H2,1H3/b21-10-. The molecule has 0 unspecified atom stereocenters. The lowest BCUT2D eigenvalue weighted by molar-refractivity contribution is -0.385. The monoisotopic (exact) mass is 670 g/mol. The zero-order valence-electron chi connectivity index (χ0n) is 19.2. The van der Waals surface area contributed by atoms with E-state index in [0.29, 0.717) is 26.6 Å². The Morgan fingerprint density at radius 1 is 1.05 bits per heavy atom. The second kappa shape index (κ2) is 10.9. The van der Waals surface area contributed by atoms with Gasteiger partial charge in [-0.25, -0.2) is 0 Å². The van der Waals surface area contributed by atoms with Crippen molar-refractivity contribution in [3.8, 4) is 11.5 Å². The Hall–Kier alpha value is -3.16. The number of thioether (sulfide) groups is 1. The third-order valence-electron chi connectivity index (χ3n) is 5.35. The molecule has 0 radical (unpaired) electrons. The van der Waals surface area contributed by atoms with Gasteiger partial charge < -0.3 is 4.74 Å². The number of carbonyl (C=O) groups excluding carboxylic acids is 2. The molecule has 3 aromatic rings. The molecule has 0 aromatic heterocycles. The van der Waals surface area contributed by atoms with E-state index in [1.807, 2.05) is 31.2 Å². The van der Waals surface area contributed by atoms with Gasteiger partial charge in [0.1, 0.15) is 0 Å². The number of benzene rings is 3. The van der Waals surface area contributed by atoms with Crippen LogP contribution < -0.4 is 4.74 Å². The third-order valence-corrected chi connectivity index (χ3v) is 7.43. The van der Waals surface area contributed by atoms with Gasteiger partial charge in [0, 0.05) is 6.07 Å². The summed E-state index contributed by atoms with van der Waals surface area (Å²) in [4.78, 5) is 37.1. The molecule has 0 atom stereocenters. The summed E-state index contributed by atoms with van der Waals surface area (Å²) >= 11 is 7.39. The number of hydrogen-bond acceptors (Lipinski definition) is 6. The smallest absolute Gasteiger partial charge is 0.416 e. The Labute approximate surface area is 235 Å². The molecule has 13 heteroatoms. The molecular weight excluding hydrogens is 657 g/mol. The first-order valence-electron chi connectivity index (χ1n) is 10.7. The van der Waals surface area contributed by atoms with Crippen molar-refractivity contribution >= 4 is 66.5 Å². The molecular formula is C25H15Br2F3N2O5S. The maximum Gasteiger partial charge on any atom is 0.416 e. The highest BCUT2D eigenvalue weighted by Gasteiger charge is 2.35. The molecule has 0 aliphatic carbocycles. The molecule has 0 bridgehead atoms. The van der Waals surface area contributed by atoms with E-state index < -0.39 is 39.2 Å². The van der Waals surface area contributed by atoms with Gasteiger partial charge in [0.05, 0.1) is 30.9 Å². The van der Waals surface area contributed by atoms with Crippen LogP contribution in [0, 0.1) is 17.0 Å². The summed E-state index contributed by atoms with van der Waals surface area (Å²) in [6.45, 7) is 2.07. The maximum absolute atomic E-state index is 13.0. The number of amides is 2. The number of nitrogens with zero attached hydrogens (tertiary/aromatic N) is 2. The fourth-order valence-corrected chi connectivity index (χ4v) is 5.68. The van der Waals surface area contributed by atoms with Crippen LogP contribution in [0.3, 0.4) is 0 Å². The predicted octanol–water partition coefficient (Wildman–Crippen LogP) is 8.48. The van der Waals surface area contributed by atoms with E-state index in [9.17, 15) is 32.9 Å². The van der Waals surface area contributed by atoms with Crippen molar-refractivity contribution in [2.75, 3.05) is 0 Å². The first-order chi connectivity index (χ1) is 17.8. The van der Waals surface area contributed by atoms with Gasteiger partial charge in [0.2, 0.25) is 5.75 Å². The van der Waals surface area contributed by atoms with Gasteiger partial charge in [-0.1, -0.05) is 29.8 Å². The molecule has 38 heavy (non-hydrogen) atoms. The zero-order valence-corrected chi connectivity index (χ0v) is 23.2. The van der Waals surface area contributed by atoms with Crippen molar-refractivity contribution in [3.63, 3.8) is 0 Å². The Bertz CT molecular complexity index is 1470. The minimum atomic E-state index is -4.76. The molecule has 1 saturated heterocycles. The average Bonchev–Trinajstić information content (AvgIpc) is 3.09. The largest absolute Gasteiger partial charge is 0.448 e. The Balaban J connectivity index is 1.58. The third kappa shape index (κ3) is 6.11. The van der Waals surface area contributed by atoms with Gasteiger partial charge in [0.15, 0.2) is 5.75 Å². The Morgan fingerprint density at radius 3 is 2.26 bits per heavy atom. The van der Waals surface area contributed by atoms with Crippen molar-refractivity contribution in [3.05, 3.63) is 101 Å². The van der Waals surface area contributed by atoms with Gasteiger partial charge in [-0.15, -0.1) is 0 Å². The van der Waals surface area contributed by atoms with E-state index in [1.54, 1.807) is 12.1 Å². The number of hydrogen-bond donors (Lipinski definition) is 0. The van der Waals surface area contributed by atoms with E-state index >= 15 is 0 Å². The molecule has 1 aliphatic heterocycles. The number of rotatable bonds is 6. The fraction of sp³-hybridized carbons (Fsp3) is 0.120. The van der Waals surface area contributed by atoms with E-state index in [2.05, 4.69) is 31.9 Å². The van der Waals surface area contributed by atoms with Crippen molar-refractivity contribution in [1.82, 2.24) is 4.90 Å². The molecule has 2 amide bonds.